The molecule has 1 saturated heterocycles. The molecule has 1 aliphatic heterocycles. The minimum atomic E-state index is -0.146. The number of aromatic nitrogens is 2. The van der Waals surface area contributed by atoms with Crippen LogP contribution in [-0.4, -0.2) is 39.6 Å². The first-order chi connectivity index (χ1) is 11.6. The highest BCUT2D eigenvalue weighted by atomic mass is 35.5. The van der Waals surface area contributed by atoms with Gasteiger partial charge in [-0.05, 0) is 30.5 Å². The zero-order valence-corrected chi connectivity index (χ0v) is 14.0. The highest BCUT2D eigenvalue weighted by Crippen LogP contribution is 2.13. The Kier molecular flexibility index (Phi) is 5.15. The number of benzene rings is 1. The average molecular weight is 347 g/mol. The molecule has 0 saturated carbocycles. The van der Waals surface area contributed by atoms with Crippen LogP contribution in [0.25, 0.3) is 0 Å². The van der Waals surface area contributed by atoms with Crippen LogP contribution in [0.3, 0.4) is 0 Å². The van der Waals surface area contributed by atoms with Crippen molar-refractivity contribution in [2.75, 3.05) is 13.1 Å². The van der Waals surface area contributed by atoms with E-state index in [1.165, 1.54) is 10.9 Å². The van der Waals surface area contributed by atoms with E-state index in [0.717, 1.165) is 31.5 Å². The number of halogens is 1. The fraction of sp³-hybridized carbons (Fsp3) is 0.353. The van der Waals surface area contributed by atoms with Gasteiger partial charge in [-0.15, -0.1) is 0 Å². The van der Waals surface area contributed by atoms with E-state index in [-0.39, 0.29) is 18.4 Å². The molecule has 0 unspecified atom stereocenters. The first kappa shape index (κ1) is 16.5. The van der Waals surface area contributed by atoms with Gasteiger partial charge in [0.25, 0.3) is 5.91 Å². The Balaban J connectivity index is 1.50. The summed E-state index contributed by atoms with van der Waals surface area (Å²) in [6.07, 6.45) is 5.25. The largest absolute Gasteiger partial charge is 0.350 e. The van der Waals surface area contributed by atoms with E-state index < -0.39 is 0 Å². The predicted molar refractivity (Wildman–Crippen MR) is 90.7 cm³/mol. The molecule has 2 heterocycles. The van der Waals surface area contributed by atoms with Crippen molar-refractivity contribution in [2.24, 2.45) is 0 Å². The van der Waals surface area contributed by atoms with Crippen LogP contribution in [0.15, 0.2) is 36.7 Å². The van der Waals surface area contributed by atoms with Crippen molar-refractivity contribution in [3.63, 3.8) is 0 Å². The lowest BCUT2D eigenvalue weighted by atomic mass is 10.1. The number of hydrogen-bond donors (Lipinski definition) is 1. The Morgan fingerprint density at radius 1 is 1.17 bits per heavy atom. The smallest absolute Gasteiger partial charge is 0.253 e. The lowest BCUT2D eigenvalue weighted by Crippen LogP contribution is -2.28. The highest BCUT2D eigenvalue weighted by Gasteiger charge is 2.19. The van der Waals surface area contributed by atoms with Crippen molar-refractivity contribution in [3.8, 4) is 0 Å². The van der Waals surface area contributed by atoms with Crippen LogP contribution in [0.2, 0.25) is 5.02 Å². The van der Waals surface area contributed by atoms with Gasteiger partial charge in [0.05, 0.1) is 11.2 Å². The highest BCUT2D eigenvalue weighted by molar-refractivity contribution is 6.30. The fourth-order valence-corrected chi connectivity index (χ4v) is 2.85. The molecule has 1 aliphatic rings. The van der Waals surface area contributed by atoms with E-state index in [4.69, 9.17) is 11.6 Å². The van der Waals surface area contributed by atoms with Gasteiger partial charge in [-0.25, -0.2) is 0 Å². The Morgan fingerprint density at radius 2 is 1.88 bits per heavy atom. The van der Waals surface area contributed by atoms with E-state index in [9.17, 15) is 9.59 Å². The van der Waals surface area contributed by atoms with Crippen molar-refractivity contribution >= 4 is 23.4 Å². The van der Waals surface area contributed by atoms with Crippen LogP contribution >= 0.6 is 11.6 Å². The second-order valence-electron chi connectivity index (χ2n) is 5.83. The quantitative estimate of drug-likeness (QED) is 0.901. The van der Waals surface area contributed by atoms with Gasteiger partial charge in [0, 0.05) is 31.4 Å². The molecule has 1 fully saturated rings. The van der Waals surface area contributed by atoms with E-state index in [1.807, 2.05) is 29.2 Å². The van der Waals surface area contributed by atoms with Gasteiger partial charge in [0.15, 0.2) is 0 Å². The molecule has 1 aromatic carbocycles. The molecule has 0 radical (unpaired) electrons. The maximum absolute atomic E-state index is 12.3. The fourth-order valence-electron chi connectivity index (χ4n) is 2.70. The summed E-state index contributed by atoms with van der Waals surface area (Å²) in [5.74, 6) is -0.0642. The number of hydrogen-bond acceptors (Lipinski definition) is 3. The summed E-state index contributed by atoms with van der Waals surface area (Å²) in [6.45, 7) is 2.21. The molecule has 0 atom stereocenters. The van der Waals surface area contributed by atoms with E-state index >= 15 is 0 Å². The van der Waals surface area contributed by atoms with Gasteiger partial charge in [-0.1, -0.05) is 23.7 Å². The number of nitrogens with zero attached hydrogens (tertiary/aromatic N) is 3. The summed E-state index contributed by atoms with van der Waals surface area (Å²) in [7, 11) is 0. The maximum Gasteiger partial charge on any atom is 0.253 e. The SMILES string of the molecule is O=C(Cn1cc(Cl)cn1)NCc1ccc(C(=O)N2CCCC2)cc1. The molecule has 3 rings (SSSR count). The van der Waals surface area contributed by atoms with E-state index in [0.29, 0.717) is 17.1 Å². The molecule has 0 bridgehead atoms. The van der Waals surface area contributed by atoms with Gasteiger partial charge in [0.1, 0.15) is 6.54 Å². The van der Waals surface area contributed by atoms with Crippen LogP contribution < -0.4 is 5.32 Å². The maximum atomic E-state index is 12.3. The Bertz CT molecular complexity index is 720. The summed E-state index contributed by atoms with van der Waals surface area (Å²) in [6, 6.07) is 7.37. The molecule has 2 amide bonds. The van der Waals surface area contributed by atoms with Crippen molar-refractivity contribution in [1.29, 1.82) is 0 Å². The van der Waals surface area contributed by atoms with Crippen LogP contribution in [0.5, 0.6) is 0 Å². The molecular formula is C17H19ClN4O2. The van der Waals surface area contributed by atoms with Gasteiger partial charge < -0.3 is 10.2 Å². The third-order valence-electron chi connectivity index (χ3n) is 3.99. The summed E-state index contributed by atoms with van der Waals surface area (Å²) in [4.78, 5) is 26.0. The summed E-state index contributed by atoms with van der Waals surface area (Å²) >= 11 is 5.76. The van der Waals surface area contributed by atoms with E-state index in [2.05, 4.69) is 10.4 Å². The Labute approximate surface area is 145 Å². The predicted octanol–water partition coefficient (Wildman–Crippen LogP) is 2.09. The standard InChI is InChI=1S/C17H19ClN4O2/c18-15-10-20-22(11-15)12-16(23)19-9-13-3-5-14(6-4-13)17(24)21-7-1-2-8-21/h3-6,10-11H,1-2,7-9,12H2,(H,19,23). The van der Waals surface area contributed by atoms with Gasteiger partial charge in [0.2, 0.25) is 5.91 Å². The first-order valence-corrected chi connectivity index (χ1v) is 8.32. The molecule has 0 aliphatic carbocycles. The number of likely N-dealkylation sites (tertiary alicyclic amines) is 1. The minimum absolute atomic E-state index is 0.0821. The topological polar surface area (TPSA) is 67.2 Å². The van der Waals surface area contributed by atoms with Crippen LogP contribution in [0.1, 0.15) is 28.8 Å². The average Bonchev–Trinajstić information content (AvgIpc) is 3.25. The summed E-state index contributed by atoms with van der Waals surface area (Å²) < 4.78 is 1.48. The number of rotatable bonds is 5. The molecule has 1 N–H and O–H groups in total. The number of amides is 2. The molecular weight excluding hydrogens is 328 g/mol. The first-order valence-electron chi connectivity index (χ1n) is 7.95. The van der Waals surface area contributed by atoms with Crippen LogP contribution in [-0.2, 0) is 17.9 Å². The third kappa shape index (κ3) is 4.14. The summed E-state index contributed by atoms with van der Waals surface area (Å²) in [5.41, 5.74) is 1.64. The van der Waals surface area contributed by atoms with Gasteiger partial charge in [-0.3, -0.25) is 14.3 Å². The molecule has 1 aromatic heterocycles. The number of carbonyl (C=O) groups is 2. The molecule has 126 valence electrons. The lowest BCUT2D eigenvalue weighted by molar-refractivity contribution is -0.122. The number of carbonyl (C=O) groups excluding carboxylic acids is 2. The second-order valence-corrected chi connectivity index (χ2v) is 6.27. The minimum Gasteiger partial charge on any atom is -0.350 e. The molecule has 2 aromatic rings. The van der Waals surface area contributed by atoms with E-state index in [1.54, 1.807) is 6.20 Å². The third-order valence-corrected chi connectivity index (χ3v) is 4.19. The van der Waals surface area contributed by atoms with Crippen molar-refractivity contribution in [1.82, 2.24) is 20.0 Å². The zero-order valence-electron chi connectivity index (χ0n) is 13.2. The Hall–Kier alpha value is -2.34. The normalized spacial score (nSPS) is 14.0. The molecule has 24 heavy (non-hydrogen) atoms. The monoisotopic (exact) mass is 346 g/mol. The summed E-state index contributed by atoms with van der Waals surface area (Å²) in [5, 5.41) is 7.28. The molecule has 0 spiro atoms. The van der Waals surface area contributed by atoms with Crippen LogP contribution in [0.4, 0.5) is 0 Å². The second kappa shape index (κ2) is 7.49. The van der Waals surface area contributed by atoms with Gasteiger partial charge >= 0.3 is 0 Å². The van der Waals surface area contributed by atoms with Crippen LogP contribution in [0, 0.1) is 0 Å². The molecule has 7 heteroatoms. The Morgan fingerprint density at radius 3 is 2.50 bits per heavy atom. The zero-order chi connectivity index (χ0) is 16.9. The number of nitrogens with one attached hydrogen (secondary N) is 1. The van der Waals surface area contributed by atoms with Crippen molar-refractivity contribution < 1.29 is 9.59 Å². The van der Waals surface area contributed by atoms with Gasteiger partial charge in [-0.2, -0.15) is 5.10 Å². The van der Waals surface area contributed by atoms with Crippen molar-refractivity contribution in [2.45, 2.75) is 25.9 Å². The molecule has 6 nitrogen and oxygen atoms in total. The lowest BCUT2D eigenvalue weighted by Gasteiger charge is -2.15. The van der Waals surface area contributed by atoms with Crippen molar-refractivity contribution in [3.05, 3.63) is 52.8 Å².